The van der Waals surface area contributed by atoms with E-state index in [9.17, 15) is 0 Å². The van der Waals surface area contributed by atoms with Gasteiger partial charge in [-0.15, -0.1) is 0 Å². The van der Waals surface area contributed by atoms with Gasteiger partial charge < -0.3 is 10.1 Å². The first-order valence-corrected chi connectivity index (χ1v) is 5.98. The molecular weight excluding hydrogens is 200 g/mol. The van der Waals surface area contributed by atoms with Gasteiger partial charge in [0.05, 0.1) is 12.7 Å². The lowest BCUT2D eigenvalue weighted by Crippen LogP contribution is -2.40. The lowest BCUT2D eigenvalue weighted by molar-refractivity contribution is -0.00669. The summed E-state index contributed by atoms with van der Waals surface area (Å²) in [7, 11) is 0. The zero-order chi connectivity index (χ0) is 11.4. The Balaban J connectivity index is 1.86. The van der Waals surface area contributed by atoms with Gasteiger partial charge >= 0.3 is 0 Å². The predicted molar refractivity (Wildman–Crippen MR) is 64.2 cm³/mol. The Morgan fingerprint density at radius 1 is 1.50 bits per heavy atom. The van der Waals surface area contributed by atoms with E-state index in [1.54, 1.807) is 0 Å². The van der Waals surface area contributed by atoms with Crippen LogP contribution in [-0.2, 0) is 11.3 Å². The van der Waals surface area contributed by atoms with E-state index in [1.165, 1.54) is 12.0 Å². The summed E-state index contributed by atoms with van der Waals surface area (Å²) in [6.07, 6.45) is 5.30. The largest absolute Gasteiger partial charge is 0.372 e. The van der Waals surface area contributed by atoms with Crippen LogP contribution in [0.4, 0.5) is 0 Å². The minimum Gasteiger partial charge on any atom is -0.372 e. The third-order valence-electron chi connectivity index (χ3n) is 3.15. The van der Waals surface area contributed by atoms with Crippen LogP contribution in [0.15, 0.2) is 18.5 Å². The van der Waals surface area contributed by atoms with Gasteiger partial charge in [0.25, 0.3) is 0 Å². The van der Waals surface area contributed by atoms with Crippen LogP contribution >= 0.6 is 0 Å². The Morgan fingerprint density at radius 3 is 3.12 bits per heavy atom. The second kappa shape index (κ2) is 5.41. The maximum Gasteiger partial charge on any atom is 0.0736 e. The summed E-state index contributed by atoms with van der Waals surface area (Å²) in [5.41, 5.74) is 2.36. The molecule has 1 fully saturated rings. The fourth-order valence-corrected chi connectivity index (χ4v) is 2.08. The lowest BCUT2D eigenvalue weighted by Gasteiger charge is -2.29. The van der Waals surface area contributed by atoms with Crippen molar-refractivity contribution in [2.45, 2.75) is 33.0 Å². The van der Waals surface area contributed by atoms with Crippen LogP contribution < -0.4 is 5.32 Å². The molecule has 0 spiro atoms. The second-order valence-electron chi connectivity index (χ2n) is 4.69. The number of nitrogens with zero attached hydrogens (tertiary/aromatic N) is 1. The standard InChI is InChI=1S/C13H20N2O/c1-10-5-12(7-15-6-10)9-16-13-8-14-4-3-11(13)2/h5-7,11,13-14H,3-4,8-9H2,1-2H3. The summed E-state index contributed by atoms with van der Waals surface area (Å²) in [6.45, 7) is 7.08. The van der Waals surface area contributed by atoms with Gasteiger partial charge in [0.1, 0.15) is 0 Å². The van der Waals surface area contributed by atoms with Crippen LogP contribution in [-0.4, -0.2) is 24.2 Å². The highest BCUT2D eigenvalue weighted by atomic mass is 16.5. The molecule has 2 unspecified atom stereocenters. The maximum atomic E-state index is 5.93. The number of piperidine rings is 1. The maximum absolute atomic E-state index is 5.93. The molecular formula is C13H20N2O. The molecule has 3 heteroatoms. The highest BCUT2D eigenvalue weighted by Crippen LogP contribution is 2.16. The molecule has 0 radical (unpaired) electrons. The molecule has 1 N–H and O–H groups in total. The van der Waals surface area contributed by atoms with Crippen molar-refractivity contribution in [1.82, 2.24) is 10.3 Å². The van der Waals surface area contributed by atoms with Crippen molar-refractivity contribution in [3.05, 3.63) is 29.6 Å². The lowest BCUT2D eigenvalue weighted by atomic mass is 9.97. The van der Waals surface area contributed by atoms with E-state index in [-0.39, 0.29) is 0 Å². The number of hydrogen-bond donors (Lipinski definition) is 1. The van der Waals surface area contributed by atoms with Crippen molar-refractivity contribution >= 4 is 0 Å². The number of nitrogens with one attached hydrogen (secondary N) is 1. The molecule has 0 aliphatic carbocycles. The van der Waals surface area contributed by atoms with Gasteiger partial charge in [0, 0.05) is 18.9 Å². The van der Waals surface area contributed by atoms with Crippen LogP contribution in [0.3, 0.4) is 0 Å². The summed E-state index contributed by atoms with van der Waals surface area (Å²) in [5, 5.41) is 3.37. The minimum absolute atomic E-state index is 0.342. The normalized spacial score (nSPS) is 25.6. The average Bonchev–Trinajstić information content (AvgIpc) is 2.28. The van der Waals surface area contributed by atoms with Crippen molar-refractivity contribution in [3.8, 4) is 0 Å². The molecule has 1 saturated heterocycles. The molecule has 0 bridgehead atoms. The van der Waals surface area contributed by atoms with Crippen LogP contribution in [0.2, 0.25) is 0 Å². The first-order valence-electron chi connectivity index (χ1n) is 5.98. The quantitative estimate of drug-likeness (QED) is 0.845. The zero-order valence-corrected chi connectivity index (χ0v) is 10.1. The van der Waals surface area contributed by atoms with Gasteiger partial charge in [-0.1, -0.05) is 13.0 Å². The third kappa shape index (κ3) is 3.03. The van der Waals surface area contributed by atoms with E-state index in [2.05, 4.69) is 30.2 Å². The van der Waals surface area contributed by atoms with Crippen LogP contribution in [0, 0.1) is 12.8 Å². The Hall–Kier alpha value is -0.930. The Bertz CT molecular complexity index is 340. The van der Waals surface area contributed by atoms with E-state index >= 15 is 0 Å². The summed E-state index contributed by atoms with van der Waals surface area (Å²) in [6, 6.07) is 2.13. The van der Waals surface area contributed by atoms with Crippen molar-refractivity contribution in [2.75, 3.05) is 13.1 Å². The molecule has 0 aromatic carbocycles. The number of ether oxygens (including phenoxy) is 1. The molecule has 1 aromatic heterocycles. The molecule has 0 amide bonds. The van der Waals surface area contributed by atoms with Crippen molar-refractivity contribution in [1.29, 1.82) is 0 Å². The van der Waals surface area contributed by atoms with E-state index in [1.807, 2.05) is 12.4 Å². The summed E-state index contributed by atoms with van der Waals surface area (Å²) < 4.78 is 5.93. The van der Waals surface area contributed by atoms with Crippen molar-refractivity contribution < 1.29 is 4.74 Å². The van der Waals surface area contributed by atoms with Gasteiger partial charge in [-0.25, -0.2) is 0 Å². The van der Waals surface area contributed by atoms with Gasteiger partial charge in [-0.2, -0.15) is 0 Å². The van der Waals surface area contributed by atoms with Gasteiger partial charge in [-0.3, -0.25) is 4.98 Å². The summed E-state index contributed by atoms with van der Waals surface area (Å²) in [4.78, 5) is 4.17. The average molecular weight is 220 g/mol. The topological polar surface area (TPSA) is 34.1 Å². The van der Waals surface area contributed by atoms with Gasteiger partial charge in [0.2, 0.25) is 0 Å². The third-order valence-corrected chi connectivity index (χ3v) is 3.15. The second-order valence-corrected chi connectivity index (χ2v) is 4.69. The molecule has 3 nitrogen and oxygen atoms in total. The first kappa shape index (κ1) is 11.6. The molecule has 88 valence electrons. The molecule has 2 atom stereocenters. The molecule has 0 saturated carbocycles. The van der Waals surface area contributed by atoms with E-state index in [0.717, 1.165) is 18.7 Å². The van der Waals surface area contributed by atoms with Crippen LogP contribution in [0.1, 0.15) is 24.5 Å². The highest BCUT2D eigenvalue weighted by molar-refractivity contribution is 5.15. The molecule has 16 heavy (non-hydrogen) atoms. The predicted octanol–water partition coefficient (Wildman–Crippen LogP) is 1.90. The highest BCUT2D eigenvalue weighted by Gasteiger charge is 2.21. The van der Waals surface area contributed by atoms with E-state index in [0.29, 0.717) is 18.6 Å². The van der Waals surface area contributed by atoms with Crippen LogP contribution in [0.25, 0.3) is 0 Å². The number of rotatable bonds is 3. The monoisotopic (exact) mass is 220 g/mol. The first-order chi connectivity index (χ1) is 7.75. The zero-order valence-electron chi connectivity index (χ0n) is 10.1. The van der Waals surface area contributed by atoms with Crippen LogP contribution in [0.5, 0.6) is 0 Å². The number of aryl methyl sites for hydroxylation is 1. The molecule has 2 rings (SSSR count). The number of hydrogen-bond acceptors (Lipinski definition) is 3. The molecule has 2 heterocycles. The Kier molecular flexibility index (Phi) is 3.91. The number of aromatic nitrogens is 1. The van der Waals surface area contributed by atoms with Crippen molar-refractivity contribution in [2.24, 2.45) is 5.92 Å². The fraction of sp³-hybridized carbons (Fsp3) is 0.615. The SMILES string of the molecule is Cc1cncc(COC2CNCCC2C)c1. The van der Waals surface area contributed by atoms with Crippen molar-refractivity contribution in [3.63, 3.8) is 0 Å². The fourth-order valence-electron chi connectivity index (χ4n) is 2.08. The Morgan fingerprint density at radius 2 is 2.38 bits per heavy atom. The molecule has 1 aromatic rings. The van der Waals surface area contributed by atoms with Gasteiger partial charge in [0.15, 0.2) is 0 Å². The summed E-state index contributed by atoms with van der Waals surface area (Å²) >= 11 is 0. The van der Waals surface area contributed by atoms with E-state index < -0.39 is 0 Å². The van der Waals surface area contributed by atoms with E-state index in [4.69, 9.17) is 4.74 Å². The number of pyridine rings is 1. The molecule has 1 aliphatic rings. The smallest absolute Gasteiger partial charge is 0.0736 e. The minimum atomic E-state index is 0.342. The molecule has 1 aliphatic heterocycles. The van der Waals surface area contributed by atoms with Gasteiger partial charge in [-0.05, 0) is 36.9 Å². The summed E-state index contributed by atoms with van der Waals surface area (Å²) in [5.74, 6) is 0.652. The Labute approximate surface area is 97.2 Å².